The summed E-state index contributed by atoms with van der Waals surface area (Å²) in [5.41, 5.74) is 2.80. The molecule has 0 aromatic heterocycles. The lowest BCUT2D eigenvalue weighted by Gasteiger charge is -2.20. The van der Waals surface area contributed by atoms with E-state index in [2.05, 4.69) is 54.6 Å². The molecule has 0 unspecified atom stereocenters. The summed E-state index contributed by atoms with van der Waals surface area (Å²) in [4.78, 5) is 0. The van der Waals surface area contributed by atoms with Crippen molar-refractivity contribution in [3.8, 4) is 33.4 Å². The summed E-state index contributed by atoms with van der Waals surface area (Å²) in [6.07, 6.45) is 0. The van der Waals surface area contributed by atoms with Crippen LogP contribution in [0, 0.1) is 29.1 Å². The third kappa shape index (κ3) is 4.04. The van der Waals surface area contributed by atoms with Gasteiger partial charge in [0.15, 0.2) is 23.3 Å². The van der Waals surface area contributed by atoms with Crippen LogP contribution >= 0.6 is 0 Å². The smallest absolute Gasteiger partial charge is 0.200 e. The van der Waals surface area contributed by atoms with E-state index in [4.69, 9.17) is 0 Å². The molecule has 0 aliphatic heterocycles. The maximum Gasteiger partial charge on any atom is 0.200 e. The first kappa shape index (κ1) is 27.0. The number of hydrogen-bond donors (Lipinski definition) is 0. The molecule has 216 valence electrons. The molecule has 0 atom stereocenters. The van der Waals surface area contributed by atoms with Crippen molar-refractivity contribution in [2.45, 2.75) is 0 Å². The molecule has 0 amide bonds. The van der Waals surface area contributed by atoms with Crippen molar-refractivity contribution in [2.75, 3.05) is 0 Å². The SMILES string of the molecule is Fc1c(F)c(F)c(-c2ccc(-c3c4ccccc4c(-c4ccc5ccccc5c4)c4ccccc34)c3ccccc23)c(F)c1F. The van der Waals surface area contributed by atoms with Gasteiger partial charge in [0.25, 0.3) is 0 Å². The Bertz CT molecular complexity index is 2410. The van der Waals surface area contributed by atoms with Gasteiger partial charge in [0.1, 0.15) is 0 Å². The Hall–Kier alpha value is -5.55. The normalized spacial score (nSPS) is 11.7. The highest BCUT2D eigenvalue weighted by Crippen LogP contribution is 2.47. The van der Waals surface area contributed by atoms with E-state index in [1.54, 1.807) is 30.3 Å². The Balaban J connectivity index is 1.47. The lowest BCUT2D eigenvalue weighted by molar-refractivity contribution is 0.381. The van der Waals surface area contributed by atoms with Gasteiger partial charge < -0.3 is 0 Å². The summed E-state index contributed by atoms with van der Waals surface area (Å²) in [6.45, 7) is 0. The maximum atomic E-state index is 15.0. The van der Waals surface area contributed by atoms with Crippen LogP contribution in [0.1, 0.15) is 0 Å². The second-order valence-electron chi connectivity index (χ2n) is 11.1. The van der Waals surface area contributed by atoms with Gasteiger partial charge in [0, 0.05) is 0 Å². The number of hydrogen-bond acceptors (Lipinski definition) is 0. The fraction of sp³-hybridized carbons (Fsp3) is 0. The molecule has 0 fully saturated rings. The van der Waals surface area contributed by atoms with Gasteiger partial charge in [-0.15, -0.1) is 0 Å². The second kappa shape index (κ2) is 10.3. The molecule has 0 N–H and O–H groups in total. The summed E-state index contributed by atoms with van der Waals surface area (Å²) in [7, 11) is 0. The predicted octanol–water partition coefficient (Wildman–Crippen LogP) is 12.0. The summed E-state index contributed by atoms with van der Waals surface area (Å²) in [5, 5.41) is 7.23. The van der Waals surface area contributed by atoms with E-state index in [1.807, 2.05) is 36.4 Å². The topological polar surface area (TPSA) is 0 Å². The van der Waals surface area contributed by atoms with E-state index in [1.165, 1.54) is 6.07 Å². The van der Waals surface area contributed by atoms with Crippen LogP contribution in [0.2, 0.25) is 0 Å². The molecule has 0 heterocycles. The average Bonchev–Trinajstić information content (AvgIpc) is 3.09. The first-order chi connectivity index (χ1) is 21.9. The Morgan fingerprint density at radius 2 is 0.689 bits per heavy atom. The first-order valence-electron chi connectivity index (χ1n) is 14.4. The fourth-order valence-electron chi connectivity index (χ4n) is 6.65. The van der Waals surface area contributed by atoms with Crippen LogP contribution in [0.4, 0.5) is 22.0 Å². The lowest BCUT2D eigenvalue weighted by atomic mass is 9.83. The van der Waals surface area contributed by atoms with Crippen molar-refractivity contribution in [3.63, 3.8) is 0 Å². The van der Waals surface area contributed by atoms with Gasteiger partial charge in [-0.05, 0) is 77.0 Å². The van der Waals surface area contributed by atoms with E-state index in [9.17, 15) is 13.2 Å². The number of benzene rings is 8. The second-order valence-corrected chi connectivity index (χ2v) is 11.1. The van der Waals surface area contributed by atoms with Gasteiger partial charge in [0.05, 0.1) is 5.56 Å². The Morgan fingerprint density at radius 3 is 1.22 bits per heavy atom. The van der Waals surface area contributed by atoms with Crippen LogP contribution in [-0.2, 0) is 0 Å². The van der Waals surface area contributed by atoms with Crippen LogP contribution in [0.5, 0.6) is 0 Å². The molecule has 8 aromatic carbocycles. The van der Waals surface area contributed by atoms with Gasteiger partial charge in [-0.25, -0.2) is 22.0 Å². The standard InChI is InChI=1S/C40H21F5/c41-36-35(37(42)39(44)40(45)38(36)43)32-20-19-31(25-11-3-4-12-26(25)32)34-29-15-7-5-13-27(29)33(28-14-6-8-16-30(28)34)24-18-17-22-9-1-2-10-23(22)21-24/h1-21H. The molecule has 0 radical (unpaired) electrons. The monoisotopic (exact) mass is 596 g/mol. The number of fused-ring (bicyclic) bond motifs is 4. The van der Waals surface area contributed by atoms with Crippen molar-refractivity contribution in [2.24, 2.45) is 0 Å². The Kier molecular flexibility index (Phi) is 6.17. The maximum absolute atomic E-state index is 15.0. The van der Waals surface area contributed by atoms with Crippen LogP contribution < -0.4 is 0 Å². The third-order valence-corrected chi connectivity index (χ3v) is 8.64. The highest BCUT2D eigenvalue weighted by atomic mass is 19.2. The summed E-state index contributed by atoms with van der Waals surface area (Å²) < 4.78 is 72.6. The van der Waals surface area contributed by atoms with Gasteiger partial charge in [-0.2, -0.15) is 0 Å². The zero-order chi connectivity index (χ0) is 30.8. The highest BCUT2D eigenvalue weighted by Gasteiger charge is 2.28. The zero-order valence-electron chi connectivity index (χ0n) is 23.5. The molecule has 0 nitrogen and oxygen atoms in total. The van der Waals surface area contributed by atoms with Crippen LogP contribution in [0.25, 0.3) is 76.5 Å². The van der Waals surface area contributed by atoms with Crippen molar-refractivity contribution < 1.29 is 22.0 Å². The Labute approximate surface area is 254 Å². The van der Waals surface area contributed by atoms with Crippen LogP contribution in [0.3, 0.4) is 0 Å². The third-order valence-electron chi connectivity index (χ3n) is 8.64. The molecule has 45 heavy (non-hydrogen) atoms. The summed E-state index contributed by atoms with van der Waals surface area (Å²) >= 11 is 0. The minimum absolute atomic E-state index is 0.0801. The minimum atomic E-state index is -2.18. The number of halogens is 5. The Morgan fingerprint density at radius 1 is 0.289 bits per heavy atom. The molecule has 0 aliphatic rings. The van der Waals surface area contributed by atoms with E-state index >= 15 is 8.78 Å². The molecule has 0 spiro atoms. The quantitative estimate of drug-likeness (QED) is 0.0824. The molecule has 0 saturated heterocycles. The molecule has 0 aliphatic carbocycles. The van der Waals surface area contributed by atoms with Gasteiger partial charge in [0.2, 0.25) is 5.82 Å². The fourth-order valence-corrected chi connectivity index (χ4v) is 6.65. The molecule has 8 aromatic rings. The number of rotatable bonds is 3. The van der Waals surface area contributed by atoms with Gasteiger partial charge in [-0.1, -0.05) is 121 Å². The van der Waals surface area contributed by atoms with E-state index < -0.39 is 34.6 Å². The average molecular weight is 597 g/mol. The molecule has 0 bridgehead atoms. The first-order valence-corrected chi connectivity index (χ1v) is 14.4. The zero-order valence-corrected chi connectivity index (χ0v) is 23.5. The summed E-state index contributed by atoms with van der Waals surface area (Å²) in [5.74, 6) is -9.85. The van der Waals surface area contributed by atoms with Gasteiger partial charge >= 0.3 is 0 Å². The van der Waals surface area contributed by atoms with Crippen molar-refractivity contribution in [1.82, 2.24) is 0 Å². The van der Waals surface area contributed by atoms with Crippen LogP contribution in [-0.4, -0.2) is 0 Å². The van der Waals surface area contributed by atoms with Crippen LogP contribution in [0.15, 0.2) is 127 Å². The van der Waals surface area contributed by atoms with E-state index in [-0.39, 0.29) is 5.56 Å². The van der Waals surface area contributed by atoms with Crippen molar-refractivity contribution in [3.05, 3.63) is 156 Å². The molecular weight excluding hydrogens is 575 g/mol. The highest BCUT2D eigenvalue weighted by molar-refractivity contribution is 6.24. The van der Waals surface area contributed by atoms with E-state index in [0.717, 1.165) is 54.6 Å². The minimum Gasteiger partial charge on any atom is -0.203 e. The predicted molar refractivity (Wildman–Crippen MR) is 173 cm³/mol. The van der Waals surface area contributed by atoms with Crippen molar-refractivity contribution >= 4 is 43.1 Å². The van der Waals surface area contributed by atoms with Crippen molar-refractivity contribution in [1.29, 1.82) is 0 Å². The van der Waals surface area contributed by atoms with E-state index in [0.29, 0.717) is 10.8 Å². The molecule has 0 saturated carbocycles. The molecular formula is C40H21F5. The lowest BCUT2D eigenvalue weighted by Crippen LogP contribution is -2.04. The molecule has 5 heteroatoms. The summed E-state index contributed by atoms with van der Waals surface area (Å²) in [6, 6.07) is 40.9. The molecule has 8 rings (SSSR count). The largest absolute Gasteiger partial charge is 0.203 e. The van der Waals surface area contributed by atoms with Gasteiger partial charge in [-0.3, -0.25) is 0 Å².